The van der Waals surface area contributed by atoms with E-state index >= 15 is 26.3 Å². The van der Waals surface area contributed by atoms with E-state index in [1.54, 1.807) is 0 Å². The summed E-state index contributed by atoms with van der Waals surface area (Å²) in [6.45, 7) is 0.0652. The Hall–Kier alpha value is -9.39. The average molecular weight is 1510 g/mol. The van der Waals surface area contributed by atoms with Crippen LogP contribution in [0.4, 0.5) is 198 Å². The van der Waals surface area contributed by atoms with Crippen LogP contribution in [0.25, 0.3) is 66.8 Å². The molecule has 8 aromatic rings. The van der Waals surface area contributed by atoms with E-state index in [0.29, 0.717) is 0 Å². The molecule has 45 heteroatoms. The van der Waals surface area contributed by atoms with Gasteiger partial charge in [-0.3, -0.25) is 0 Å². The highest BCUT2D eigenvalue weighted by atomic mass is 19.4. The maximum Gasteiger partial charge on any atom is 0.420 e. The lowest BCUT2D eigenvalue weighted by Gasteiger charge is -2.24. The summed E-state index contributed by atoms with van der Waals surface area (Å²) in [6.07, 6.45) is -33.7. The summed E-state index contributed by atoms with van der Waals surface area (Å²) in [4.78, 5) is 0. The Morgan fingerprint density at radius 3 is 0.374 bits per heavy atom. The molecular weight excluding hydrogens is 1500 g/mol. The second kappa shape index (κ2) is 25.1. The number of hydrogen-bond acceptors (Lipinski definition) is 0. The molecular formula is C54H3F45. The molecule has 0 spiro atoms. The van der Waals surface area contributed by atoms with Crippen LogP contribution >= 0.6 is 0 Å². The first-order valence-electron chi connectivity index (χ1n) is 23.8. The quantitative estimate of drug-likeness (QED) is 0.0884. The van der Waals surface area contributed by atoms with Crippen molar-refractivity contribution < 1.29 is 198 Å². The van der Waals surface area contributed by atoms with Gasteiger partial charge in [-0.2, -0.15) is 65.9 Å². The Kier molecular flexibility index (Phi) is 19.5. The molecule has 0 N–H and O–H groups in total. The van der Waals surface area contributed by atoms with Crippen LogP contribution in [0.5, 0.6) is 0 Å². The molecule has 0 heterocycles. The maximum absolute atomic E-state index is 16.0. The number of rotatable bonds is 6. The van der Waals surface area contributed by atoms with Gasteiger partial charge in [-0.1, -0.05) is 0 Å². The Morgan fingerprint density at radius 1 is 0.121 bits per heavy atom. The van der Waals surface area contributed by atoms with E-state index in [0.717, 1.165) is 0 Å². The topological polar surface area (TPSA) is 0 Å². The molecule has 0 fully saturated rings. The third-order valence-corrected chi connectivity index (χ3v) is 13.4. The third-order valence-electron chi connectivity index (χ3n) is 13.4. The molecule has 0 aliphatic carbocycles. The van der Waals surface area contributed by atoms with Gasteiger partial charge in [-0.05, 0) is 12.5 Å². The lowest BCUT2D eigenvalue weighted by Crippen LogP contribution is -2.20. The van der Waals surface area contributed by atoms with Crippen LogP contribution in [-0.2, 0) is 30.9 Å². The summed E-state index contributed by atoms with van der Waals surface area (Å²) >= 11 is 0. The molecule has 8 rings (SSSR count). The minimum atomic E-state index is -6.82. The fourth-order valence-corrected chi connectivity index (χ4v) is 9.35. The van der Waals surface area contributed by atoms with Gasteiger partial charge < -0.3 is 0 Å². The van der Waals surface area contributed by atoms with Crippen LogP contribution in [0, 0.1) is 181 Å². The highest BCUT2D eigenvalue weighted by molar-refractivity contribution is 5.89. The van der Waals surface area contributed by atoms with Gasteiger partial charge in [-0.25, -0.2) is 132 Å². The first kappa shape index (κ1) is 77.0. The predicted octanol–water partition coefficient (Wildman–Crippen LogP) is 23.0. The van der Waals surface area contributed by atoms with Crippen LogP contribution in [-0.4, -0.2) is 0 Å². The van der Waals surface area contributed by atoms with Crippen LogP contribution in [0.1, 0.15) is 33.4 Å². The van der Waals surface area contributed by atoms with E-state index < -0.39 is 306 Å². The van der Waals surface area contributed by atoms with Gasteiger partial charge in [0.15, 0.2) is 140 Å². The number of alkyl halides is 15. The van der Waals surface area contributed by atoms with E-state index in [1.807, 2.05) is 0 Å². The fraction of sp³-hybridized carbons (Fsp3) is 0.111. The average Bonchev–Trinajstić information content (AvgIpc) is 0.713. The first-order valence-corrected chi connectivity index (χ1v) is 23.8. The lowest BCUT2D eigenvalue weighted by molar-refractivity contribution is -0.141. The minimum absolute atomic E-state index is 0.0652. The molecule has 0 bridgehead atoms. The second-order valence-corrected chi connectivity index (χ2v) is 18.9. The van der Waals surface area contributed by atoms with Crippen molar-refractivity contribution in [1.29, 1.82) is 0 Å². The van der Waals surface area contributed by atoms with Gasteiger partial charge in [0.25, 0.3) is 0 Å². The maximum atomic E-state index is 16.0. The molecule has 0 atom stereocenters. The summed E-state index contributed by atoms with van der Waals surface area (Å²) < 4.78 is 648. The Bertz CT molecular complexity index is 4400. The number of hydrogen-bond donors (Lipinski definition) is 0. The van der Waals surface area contributed by atoms with Crippen LogP contribution in [0.3, 0.4) is 0 Å². The molecule has 534 valence electrons. The summed E-state index contributed by atoms with van der Waals surface area (Å²) in [7, 11) is 0. The number of halogens is 45. The van der Waals surface area contributed by atoms with Crippen molar-refractivity contribution in [2.75, 3.05) is 0 Å². The predicted molar refractivity (Wildman–Crippen MR) is 234 cm³/mol. The van der Waals surface area contributed by atoms with Crippen molar-refractivity contribution in [3.8, 4) is 66.8 Å². The van der Waals surface area contributed by atoms with E-state index in [9.17, 15) is 171 Å². The van der Waals surface area contributed by atoms with Gasteiger partial charge in [-0.15, -0.1) is 0 Å². The summed E-state index contributed by atoms with van der Waals surface area (Å²) in [6, 6.07) is 0. The minimum Gasteiger partial charge on any atom is -0.205 e. The monoisotopic (exact) mass is 1510 g/mol. The zero-order valence-electron chi connectivity index (χ0n) is 44.5. The molecule has 0 amide bonds. The molecule has 0 aliphatic heterocycles. The zero-order valence-corrected chi connectivity index (χ0v) is 44.5. The van der Waals surface area contributed by atoms with Crippen LogP contribution in [0.2, 0.25) is 0 Å². The molecule has 0 saturated heterocycles. The molecule has 0 nitrogen and oxygen atoms in total. The number of benzene rings is 8. The van der Waals surface area contributed by atoms with Gasteiger partial charge in [0.2, 0.25) is 0 Å². The van der Waals surface area contributed by atoms with Crippen molar-refractivity contribution in [2.45, 2.75) is 37.8 Å². The van der Waals surface area contributed by atoms with Crippen molar-refractivity contribution in [1.82, 2.24) is 0 Å². The fourth-order valence-electron chi connectivity index (χ4n) is 9.35. The first-order chi connectivity index (χ1) is 44.8. The summed E-state index contributed by atoms with van der Waals surface area (Å²) in [5, 5.41) is 0. The Morgan fingerprint density at radius 2 is 0.232 bits per heavy atom. The summed E-state index contributed by atoms with van der Waals surface area (Å²) in [5.41, 5.74) is -60.6. The second-order valence-electron chi connectivity index (χ2n) is 18.9. The molecule has 0 unspecified atom stereocenters. The lowest BCUT2D eigenvalue weighted by atomic mass is 9.85. The van der Waals surface area contributed by atoms with Crippen molar-refractivity contribution in [3.05, 3.63) is 208 Å². The molecule has 0 aromatic heterocycles. The van der Waals surface area contributed by atoms with Gasteiger partial charge >= 0.3 is 30.9 Å². The van der Waals surface area contributed by atoms with E-state index in [1.165, 1.54) is 0 Å². The van der Waals surface area contributed by atoms with E-state index in [2.05, 4.69) is 0 Å². The molecule has 0 aliphatic rings. The largest absolute Gasteiger partial charge is 0.420 e. The molecule has 8 aromatic carbocycles. The van der Waals surface area contributed by atoms with Crippen LogP contribution < -0.4 is 0 Å². The Labute approximate surface area is 509 Å². The summed E-state index contributed by atoms with van der Waals surface area (Å²) in [5.74, 6) is -105. The van der Waals surface area contributed by atoms with Gasteiger partial charge in [0.05, 0.1) is 33.4 Å². The van der Waals surface area contributed by atoms with E-state index in [-0.39, 0.29) is 6.92 Å². The van der Waals surface area contributed by atoms with E-state index in [4.69, 9.17) is 0 Å². The van der Waals surface area contributed by atoms with Crippen molar-refractivity contribution in [3.63, 3.8) is 0 Å². The highest BCUT2D eigenvalue weighted by Crippen LogP contribution is 2.56. The molecule has 99 heavy (non-hydrogen) atoms. The van der Waals surface area contributed by atoms with Gasteiger partial charge in [0.1, 0.15) is 62.7 Å². The Balaban J connectivity index is 0.000000279. The van der Waals surface area contributed by atoms with Crippen LogP contribution in [0.15, 0.2) is 0 Å². The molecule has 0 radical (unpaired) electrons. The standard InChI is InChI=1S/C27F24.C27H3F21/c28-10-4(1-7(25(43,44)45)16(34)22(40)19(37)13(1)31)11(29)6(3-9(27(49,50)51)18(36)24(42)21(39)15(3)33)12(30)5(10)2-8(26(46,47)48)17(35)23(41)20(38)14(2)32;1-2-3(15(32)21(38)20(37)11(2)28)6-12(29)7(4-9(26(43,44)45)18(35)24(41)22(39)16(4)33)14(31)8(13(6)30)5-10(27(46,47)48)19(36)25(42)23(40)17(5)34/h;1H3. The van der Waals surface area contributed by atoms with Crippen molar-refractivity contribution in [2.24, 2.45) is 0 Å². The SMILES string of the molecule is Cc1c(F)c(F)c(F)c(F)c1-c1c(F)c(-c2c(F)c(F)c(F)c(F)c2C(F)(F)F)c(F)c(-c2c(F)c(F)c(F)c(F)c2C(F)(F)F)c1F.Fc1c(F)c(F)c(C(F)(F)F)c(-c2c(F)c(-c3c(F)c(F)c(F)c(F)c3C(F)(F)F)c(F)c(-c3c(F)c(F)c(F)c(F)c3C(F)(F)F)c2F)c1F. The third kappa shape index (κ3) is 11.9. The normalized spacial score (nSPS) is 12.5. The van der Waals surface area contributed by atoms with Crippen molar-refractivity contribution >= 4 is 0 Å². The smallest absolute Gasteiger partial charge is 0.205 e. The zero-order chi connectivity index (χ0) is 76.2. The molecule has 0 saturated carbocycles. The van der Waals surface area contributed by atoms with Gasteiger partial charge in [0, 0.05) is 33.4 Å². The highest BCUT2D eigenvalue weighted by Gasteiger charge is 2.53.